The third kappa shape index (κ3) is 6.17. The van der Waals surface area contributed by atoms with Crippen molar-refractivity contribution >= 4 is 17.5 Å². The van der Waals surface area contributed by atoms with Gasteiger partial charge in [0.05, 0.1) is 18.7 Å². The van der Waals surface area contributed by atoms with Crippen LogP contribution in [0.4, 0.5) is 0 Å². The van der Waals surface area contributed by atoms with Gasteiger partial charge in [-0.05, 0) is 41.3 Å². The molecule has 6 heteroatoms. The Morgan fingerprint density at radius 1 is 1.03 bits per heavy atom. The van der Waals surface area contributed by atoms with E-state index in [4.69, 9.17) is 11.6 Å². The number of halogens is 1. The van der Waals surface area contributed by atoms with Crippen molar-refractivity contribution < 1.29 is 9.90 Å². The molecule has 0 radical (unpaired) electrons. The number of hydrogen-bond acceptors (Lipinski definition) is 4. The van der Waals surface area contributed by atoms with Crippen LogP contribution in [0.3, 0.4) is 0 Å². The third-order valence-corrected chi connectivity index (χ3v) is 6.37. The summed E-state index contributed by atoms with van der Waals surface area (Å²) >= 11 is 6.05. The summed E-state index contributed by atoms with van der Waals surface area (Å²) < 4.78 is 0. The van der Waals surface area contributed by atoms with E-state index < -0.39 is 0 Å². The van der Waals surface area contributed by atoms with E-state index in [1.54, 1.807) is 0 Å². The number of fused-ring (bicyclic) bond motifs is 1. The lowest BCUT2D eigenvalue weighted by molar-refractivity contribution is -0.135. The molecule has 2 aromatic rings. The summed E-state index contributed by atoms with van der Waals surface area (Å²) in [5.74, 6) is 0.0574. The lowest BCUT2D eigenvalue weighted by Gasteiger charge is -2.41. The number of aliphatic hydroxyl groups excluding tert-OH is 1. The van der Waals surface area contributed by atoms with Gasteiger partial charge in [-0.3, -0.25) is 9.80 Å². The van der Waals surface area contributed by atoms with Gasteiger partial charge < -0.3 is 10.0 Å². The average molecular weight is 470 g/mol. The van der Waals surface area contributed by atoms with E-state index in [1.807, 2.05) is 73.4 Å². The molecule has 4 rings (SSSR count). The summed E-state index contributed by atoms with van der Waals surface area (Å²) in [5, 5.41) is 12.1. The van der Waals surface area contributed by atoms with Crippen LogP contribution >= 0.6 is 11.6 Å². The number of rotatable bonds is 8. The Balaban J connectivity index is 0.00000149. The second-order valence-electron chi connectivity index (χ2n) is 8.39. The third-order valence-electron chi connectivity index (χ3n) is 6.11. The predicted octanol–water partition coefficient (Wildman–Crippen LogP) is 5.60. The molecule has 178 valence electrons. The fourth-order valence-corrected chi connectivity index (χ4v) is 4.48. The zero-order valence-electron chi connectivity index (χ0n) is 19.9. The highest BCUT2D eigenvalue weighted by molar-refractivity contribution is 6.30. The minimum atomic E-state index is -0.0336. The Bertz CT molecular complexity index is 927. The molecule has 0 aromatic heterocycles. The number of nitrogens with zero attached hydrogens (tertiary/aromatic N) is 2. The van der Waals surface area contributed by atoms with E-state index in [2.05, 4.69) is 17.4 Å². The smallest absolute Gasteiger partial charge is 0.271 e. The van der Waals surface area contributed by atoms with E-state index in [0.29, 0.717) is 18.1 Å². The van der Waals surface area contributed by atoms with Gasteiger partial charge in [0.2, 0.25) is 0 Å². The maximum Gasteiger partial charge on any atom is 0.271 e. The van der Waals surface area contributed by atoms with Crippen LogP contribution in [0.2, 0.25) is 5.02 Å². The first-order chi connectivity index (χ1) is 16.1. The van der Waals surface area contributed by atoms with E-state index >= 15 is 0 Å². The van der Waals surface area contributed by atoms with Crippen molar-refractivity contribution in [3.63, 3.8) is 0 Å². The van der Waals surface area contributed by atoms with Crippen LogP contribution in [-0.2, 0) is 17.9 Å². The first-order valence-corrected chi connectivity index (χ1v) is 12.5. The van der Waals surface area contributed by atoms with Crippen molar-refractivity contribution in [2.45, 2.75) is 71.7 Å². The molecule has 2 aliphatic heterocycles. The first kappa shape index (κ1) is 25.3. The van der Waals surface area contributed by atoms with Gasteiger partial charge in [-0.15, -0.1) is 0 Å². The molecular weight excluding hydrogens is 434 g/mol. The maximum atomic E-state index is 13.4. The first-order valence-electron chi connectivity index (χ1n) is 12.1. The standard InChI is InChI=1S/C25H30ClN3O2.C2H6/c1-2-3-4-5-22-16-28(15-18-6-8-19(17-30)9-7-18)25(31)24-14-23(27-29(22)24)20-10-12-21(26)13-11-20;1-2/h6-14,22-23,27,30H,2-5,15-17H2,1H3;1-2H3. The maximum absolute atomic E-state index is 13.4. The predicted molar refractivity (Wildman–Crippen MR) is 134 cm³/mol. The zero-order chi connectivity index (χ0) is 23.8. The Morgan fingerprint density at radius 2 is 1.70 bits per heavy atom. The molecule has 33 heavy (non-hydrogen) atoms. The molecule has 0 spiro atoms. The molecule has 2 aromatic carbocycles. The van der Waals surface area contributed by atoms with Gasteiger partial charge in [0.1, 0.15) is 5.70 Å². The van der Waals surface area contributed by atoms with Gasteiger partial charge in [0, 0.05) is 18.1 Å². The van der Waals surface area contributed by atoms with Crippen LogP contribution in [-0.4, -0.2) is 33.5 Å². The second kappa shape index (κ2) is 12.2. The molecule has 2 unspecified atom stereocenters. The molecule has 1 fully saturated rings. The van der Waals surface area contributed by atoms with Crippen LogP contribution in [0.1, 0.15) is 69.2 Å². The van der Waals surface area contributed by atoms with Crippen LogP contribution in [0.5, 0.6) is 0 Å². The number of benzene rings is 2. The Hall–Kier alpha value is -2.34. The zero-order valence-corrected chi connectivity index (χ0v) is 20.7. The van der Waals surface area contributed by atoms with Crippen LogP contribution in [0.25, 0.3) is 0 Å². The lowest BCUT2D eigenvalue weighted by atomic mass is 10.0. The fraction of sp³-hybridized carbons (Fsp3) is 0.444. The number of amides is 1. The van der Waals surface area contributed by atoms with E-state index in [1.165, 1.54) is 12.8 Å². The molecule has 2 aliphatic rings. The highest BCUT2D eigenvalue weighted by atomic mass is 35.5. The molecule has 2 heterocycles. The summed E-state index contributed by atoms with van der Waals surface area (Å²) in [6, 6.07) is 15.8. The largest absolute Gasteiger partial charge is 0.392 e. The number of piperazine rings is 1. The fourth-order valence-electron chi connectivity index (χ4n) is 4.35. The number of unbranched alkanes of at least 4 members (excludes halogenated alkanes) is 2. The van der Waals surface area contributed by atoms with Gasteiger partial charge >= 0.3 is 0 Å². The molecule has 2 N–H and O–H groups in total. The molecule has 2 atom stereocenters. The van der Waals surface area contributed by atoms with Gasteiger partial charge in [-0.1, -0.05) is 88.0 Å². The summed E-state index contributed by atoms with van der Waals surface area (Å²) in [6.07, 6.45) is 6.60. The molecule has 0 saturated carbocycles. The summed E-state index contributed by atoms with van der Waals surface area (Å²) in [4.78, 5) is 15.3. The average Bonchev–Trinajstić information content (AvgIpc) is 3.30. The topological polar surface area (TPSA) is 55.8 Å². The highest BCUT2D eigenvalue weighted by Crippen LogP contribution is 2.33. The van der Waals surface area contributed by atoms with E-state index in [0.717, 1.165) is 35.2 Å². The summed E-state index contributed by atoms with van der Waals surface area (Å²) in [6.45, 7) is 7.51. The molecule has 1 saturated heterocycles. The summed E-state index contributed by atoms with van der Waals surface area (Å²) in [5.41, 5.74) is 7.35. The monoisotopic (exact) mass is 469 g/mol. The normalized spacial score (nSPS) is 19.7. The van der Waals surface area contributed by atoms with Crippen molar-refractivity contribution in [2.75, 3.05) is 6.54 Å². The molecule has 0 aliphatic carbocycles. The van der Waals surface area contributed by atoms with Crippen molar-refractivity contribution in [3.8, 4) is 0 Å². The molecule has 5 nitrogen and oxygen atoms in total. The van der Waals surface area contributed by atoms with Crippen molar-refractivity contribution in [1.29, 1.82) is 0 Å². The number of carbonyl (C=O) groups is 1. The molecular formula is C27H36ClN3O2. The van der Waals surface area contributed by atoms with Gasteiger partial charge in [-0.25, -0.2) is 5.43 Å². The number of aliphatic hydroxyl groups is 1. The highest BCUT2D eigenvalue weighted by Gasteiger charge is 2.40. The van der Waals surface area contributed by atoms with Gasteiger partial charge in [0.25, 0.3) is 5.91 Å². The van der Waals surface area contributed by atoms with Gasteiger partial charge in [0.15, 0.2) is 0 Å². The van der Waals surface area contributed by atoms with Crippen molar-refractivity contribution in [2.24, 2.45) is 0 Å². The number of hydrazine groups is 1. The second-order valence-corrected chi connectivity index (χ2v) is 8.83. The van der Waals surface area contributed by atoms with E-state index in [-0.39, 0.29) is 24.6 Å². The Morgan fingerprint density at radius 3 is 2.33 bits per heavy atom. The number of nitrogens with one attached hydrogen (secondary N) is 1. The SMILES string of the molecule is CC.CCCCCC1CN(Cc2ccc(CO)cc2)C(=O)C2=CC(c3ccc(Cl)cc3)NN21. The lowest BCUT2D eigenvalue weighted by Crippen LogP contribution is -2.56. The van der Waals surface area contributed by atoms with Crippen molar-refractivity contribution in [3.05, 3.63) is 82.0 Å². The van der Waals surface area contributed by atoms with Crippen molar-refractivity contribution in [1.82, 2.24) is 15.3 Å². The summed E-state index contributed by atoms with van der Waals surface area (Å²) in [7, 11) is 0. The van der Waals surface area contributed by atoms with Crippen LogP contribution < -0.4 is 5.43 Å². The van der Waals surface area contributed by atoms with Gasteiger partial charge in [-0.2, -0.15) is 0 Å². The minimum Gasteiger partial charge on any atom is -0.392 e. The van der Waals surface area contributed by atoms with Crippen LogP contribution in [0.15, 0.2) is 60.3 Å². The molecule has 1 amide bonds. The Labute approximate surface area is 203 Å². The quantitative estimate of drug-likeness (QED) is 0.494. The van der Waals surface area contributed by atoms with Crippen LogP contribution in [0, 0.1) is 0 Å². The minimum absolute atomic E-state index is 0.0298. The van der Waals surface area contributed by atoms with E-state index in [9.17, 15) is 9.90 Å². The Kier molecular flexibility index (Phi) is 9.36. The number of hydrogen-bond donors (Lipinski definition) is 2. The number of carbonyl (C=O) groups excluding carboxylic acids is 1. The molecule has 0 bridgehead atoms.